The minimum absolute atomic E-state index is 0.0874. The van der Waals surface area contributed by atoms with Crippen LogP contribution in [-0.4, -0.2) is 15.3 Å². The average molecular weight is 321 g/mol. The summed E-state index contributed by atoms with van der Waals surface area (Å²) in [5.41, 5.74) is 0.417. The molecule has 0 bridgehead atoms. The molecule has 0 atom stereocenters. The van der Waals surface area contributed by atoms with E-state index in [9.17, 15) is 9.59 Å². The van der Waals surface area contributed by atoms with Gasteiger partial charge in [0.15, 0.2) is 5.78 Å². The van der Waals surface area contributed by atoms with E-state index in [0.29, 0.717) is 24.9 Å². The Morgan fingerprint density at radius 2 is 2.00 bits per heavy atom. The van der Waals surface area contributed by atoms with Gasteiger partial charge in [-0.2, -0.15) is 0 Å². The zero-order valence-corrected chi connectivity index (χ0v) is 11.8. The molecule has 0 amide bonds. The Kier molecular flexibility index (Phi) is 4.63. The van der Waals surface area contributed by atoms with Gasteiger partial charge in [0.05, 0.1) is 0 Å². The van der Waals surface area contributed by atoms with Crippen molar-refractivity contribution in [3.63, 3.8) is 0 Å². The van der Waals surface area contributed by atoms with Gasteiger partial charge in [0.2, 0.25) is 0 Å². The Hall–Kier alpha value is -1.75. The summed E-state index contributed by atoms with van der Waals surface area (Å²) in [5, 5.41) is 0. The number of aromatic nitrogens is 2. The number of carbonyl (C=O) groups excluding carboxylic acids is 1. The lowest BCUT2D eigenvalue weighted by Crippen LogP contribution is -2.21. The lowest BCUT2D eigenvalue weighted by atomic mass is 10.1. The molecule has 19 heavy (non-hydrogen) atoms. The fourth-order valence-electron chi connectivity index (χ4n) is 1.75. The van der Waals surface area contributed by atoms with Crippen molar-refractivity contribution >= 4 is 21.7 Å². The molecule has 0 saturated heterocycles. The third-order valence-electron chi connectivity index (χ3n) is 2.75. The molecule has 1 aromatic carbocycles. The van der Waals surface area contributed by atoms with Gasteiger partial charge in [0.1, 0.15) is 0 Å². The van der Waals surface area contributed by atoms with Crippen LogP contribution in [0.15, 0.2) is 52.0 Å². The van der Waals surface area contributed by atoms with Crippen molar-refractivity contribution in [3.05, 3.63) is 63.2 Å². The van der Waals surface area contributed by atoms with Gasteiger partial charge in [-0.3, -0.25) is 9.36 Å². The molecule has 0 aliphatic rings. The molecule has 2 aromatic rings. The molecule has 0 radical (unpaired) electrons. The van der Waals surface area contributed by atoms with E-state index in [1.165, 1.54) is 10.8 Å². The Bertz CT molecular complexity index is 620. The van der Waals surface area contributed by atoms with Crippen LogP contribution in [0, 0.1) is 0 Å². The van der Waals surface area contributed by atoms with Crippen LogP contribution in [0.25, 0.3) is 0 Å². The van der Waals surface area contributed by atoms with Crippen LogP contribution in [0.4, 0.5) is 0 Å². The summed E-state index contributed by atoms with van der Waals surface area (Å²) in [7, 11) is 0. The largest absolute Gasteiger partial charge is 0.347 e. The Morgan fingerprint density at radius 3 is 2.68 bits per heavy atom. The molecule has 0 N–H and O–H groups in total. The van der Waals surface area contributed by atoms with Gasteiger partial charge in [-0.1, -0.05) is 28.1 Å². The molecular weight excluding hydrogens is 308 g/mol. The zero-order valence-electron chi connectivity index (χ0n) is 10.3. The second kappa shape index (κ2) is 6.43. The Labute approximate surface area is 119 Å². The van der Waals surface area contributed by atoms with Gasteiger partial charge in [-0.25, -0.2) is 9.78 Å². The summed E-state index contributed by atoms with van der Waals surface area (Å²) in [4.78, 5) is 26.9. The minimum Gasteiger partial charge on any atom is -0.299 e. The van der Waals surface area contributed by atoms with Crippen molar-refractivity contribution in [2.75, 3.05) is 0 Å². The summed E-state index contributed by atoms with van der Waals surface area (Å²) < 4.78 is 2.46. The van der Waals surface area contributed by atoms with Crippen molar-refractivity contribution in [1.82, 2.24) is 9.55 Å². The molecule has 0 fully saturated rings. The number of Topliss-reactive ketones (excluding diaryl/α,β-unsaturated/α-hetero) is 1. The highest BCUT2D eigenvalue weighted by atomic mass is 79.9. The lowest BCUT2D eigenvalue weighted by Gasteiger charge is -2.04. The van der Waals surface area contributed by atoms with E-state index in [0.717, 1.165) is 4.47 Å². The molecule has 1 heterocycles. The predicted octanol–water partition coefficient (Wildman–Crippen LogP) is 2.67. The van der Waals surface area contributed by atoms with Gasteiger partial charge in [-0.15, -0.1) is 0 Å². The number of aryl methyl sites for hydroxylation is 1. The first-order valence-electron chi connectivity index (χ1n) is 5.97. The van der Waals surface area contributed by atoms with Crippen LogP contribution in [0.2, 0.25) is 0 Å². The highest BCUT2D eigenvalue weighted by Crippen LogP contribution is 2.12. The number of ketones is 1. The van der Waals surface area contributed by atoms with E-state index in [1.807, 2.05) is 12.1 Å². The van der Waals surface area contributed by atoms with Crippen molar-refractivity contribution < 1.29 is 4.79 Å². The molecule has 1 aromatic heterocycles. The second-order valence-electron chi connectivity index (χ2n) is 4.13. The quantitative estimate of drug-likeness (QED) is 0.796. The van der Waals surface area contributed by atoms with Crippen LogP contribution < -0.4 is 5.69 Å². The zero-order chi connectivity index (χ0) is 13.7. The first kappa shape index (κ1) is 13.7. The number of hydrogen-bond donors (Lipinski definition) is 0. The van der Waals surface area contributed by atoms with Crippen LogP contribution in [0.3, 0.4) is 0 Å². The monoisotopic (exact) mass is 320 g/mol. The molecular formula is C14H13BrN2O2. The Morgan fingerprint density at radius 1 is 1.26 bits per heavy atom. The number of hydrogen-bond acceptors (Lipinski definition) is 3. The fourth-order valence-corrected chi connectivity index (χ4v) is 2.01. The molecule has 0 spiro atoms. The van der Waals surface area contributed by atoms with E-state index in [1.54, 1.807) is 24.4 Å². The smallest absolute Gasteiger partial charge is 0.299 e. The second-order valence-corrected chi connectivity index (χ2v) is 5.04. The summed E-state index contributed by atoms with van der Waals surface area (Å²) in [6.45, 7) is 0.509. The van der Waals surface area contributed by atoms with Crippen LogP contribution in [-0.2, 0) is 6.54 Å². The first-order valence-corrected chi connectivity index (χ1v) is 6.76. The highest BCUT2D eigenvalue weighted by molar-refractivity contribution is 9.10. The lowest BCUT2D eigenvalue weighted by molar-refractivity contribution is 0.0978. The molecule has 0 saturated carbocycles. The SMILES string of the molecule is O=C(CCCn1cccnc1=O)c1ccc(Br)cc1. The van der Waals surface area contributed by atoms with Crippen molar-refractivity contribution in [1.29, 1.82) is 0 Å². The van der Waals surface area contributed by atoms with Crippen molar-refractivity contribution in [2.45, 2.75) is 19.4 Å². The first-order chi connectivity index (χ1) is 9.16. The number of rotatable bonds is 5. The minimum atomic E-state index is -0.279. The van der Waals surface area contributed by atoms with E-state index >= 15 is 0 Å². The molecule has 2 rings (SSSR count). The molecule has 5 heteroatoms. The normalized spacial score (nSPS) is 10.4. The average Bonchev–Trinajstić information content (AvgIpc) is 2.41. The molecule has 98 valence electrons. The van der Waals surface area contributed by atoms with E-state index < -0.39 is 0 Å². The summed E-state index contributed by atoms with van der Waals surface area (Å²) in [5.74, 6) is 0.0874. The number of carbonyl (C=O) groups is 1. The summed E-state index contributed by atoms with van der Waals surface area (Å²) in [6, 6.07) is 8.99. The maximum absolute atomic E-state index is 11.9. The van der Waals surface area contributed by atoms with Gasteiger partial charge in [-0.05, 0) is 24.6 Å². The molecule has 0 unspecified atom stereocenters. The van der Waals surface area contributed by atoms with Gasteiger partial charge >= 0.3 is 5.69 Å². The Balaban J connectivity index is 1.89. The van der Waals surface area contributed by atoms with Gasteiger partial charge < -0.3 is 0 Å². The van der Waals surface area contributed by atoms with Crippen LogP contribution in [0.1, 0.15) is 23.2 Å². The number of nitrogens with zero attached hydrogens (tertiary/aromatic N) is 2. The summed E-state index contributed by atoms with van der Waals surface area (Å²) in [6.07, 6.45) is 4.19. The van der Waals surface area contributed by atoms with Gasteiger partial charge in [0, 0.05) is 35.4 Å². The molecule has 4 nitrogen and oxygen atoms in total. The molecule has 0 aliphatic heterocycles. The standard InChI is InChI=1S/C14H13BrN2O2/c15-12-6-4-11(5-7-12)13(18)3-1-9-17-10-2-8-16-14(17)19/h2,4-8,10H,1,3,9H2. The third-order valence-corrected chi connectivity index (χ3v) is 3.28. The van der Waals surface area contributed by atoms with E-state index in [4.69, 9.17) is 0 Å². The van der Waals surface area contributed by atoms with Crippen molar-refractivity contribution in [3.8, 4) is 0 Å². The van der Waals surface area contributed by atoms with Crippen LogP contribution in [0.5, 0.6) is 0 Å². The third kappa shape index (κ3) is 3.86. The predicted molar refractivity (Wildman–Crippen MR) is 76.2 cm³/mol. The maximum Gasteiger partial charge on any atom is 0.347 e. The van der Waals surface area contributed by atoms with E-state index in [-0.39, 0.29) is 11.5 Å². The fraction of sp³-hybridized carbons (Fsp3) is 0.214. The topological polar surface area (TPSA) is 52.0 Å². The number of halogens is 1. The van der Waals surface area contributed by atoms with Crippen LogP contribution >= 0.6 is 15.9 Å². The molecule has 0 aliphatic carbocycles. The van der Waals surface area contributed by atoms with Crippen molar-refractivity contribution in [2.24, 2.45) is 0 Å². The number of benzene rings is 1. The highest BCUT2D eigenvalue weighted by Gasteiger charge is 2.05. The van der Waals surface area contributed by atoms with E-state index in [2.05, 4.69) is 20.9 Å². The van der Waals surface area contributed by atoms with Gasteiger partial charge in [0.25, 0.3) is 0 Å². The summed E-state index contributed by atoms with van der Waals surface area (Å²) >= 11 is 3.33. The maximum atomic E-state index is 11.9.